The summed E-state index contributed by atoms with van der Waals surface area (Å²) in [7, 11) is 0. The molecular weight excluding hydrogens is 326 g/mol. The molecular formula is C21H27N3O2. The van der Waals surface area contributed by atoms with Crippen LogP contribution in [-0.4, -0.2) is 34.1 Å². The molecule has 2 bridgehead atoms. The van der Waals surface area contributed by atoms with Gasteiger partial charge in [0.1, 0.15) is 5.76 Å². The molecule has 2 unspecified atom stereocenters. The Bertz CT molecular complexity index is 742. The molecule has 1 amide bonds. The third kappa shape index (κ3) is 3.54. The van der Waals surface area contributed by atoms with Crippen molar-refractivity contribution in [2.45, 2.75) is 70.1 Å². The van der Waals surface area contributed by atoms with E-state index in [1.165, 1.54) is 18.4 Å². The van der Waals surface area contributed by atoms with Crippen molar-refractivity contribution in [1.29, 1.82) is 0 Å². The highest BCUT2D eigenvalue weighted by atomic mass is 16.5. The summed E-state index contributed by atoms with van der Waals surface area (Å²) < 4.78 is 5.26. The molecule has 0 saturated carbocycles. The lowest BCUT2D eigenvalue weighted by Gasteiger charge is -2.39. The quantitative estimate of drug-likeness (QED) is 0.890. The van der Waals surface area contributed by atoms with Gasteiger partial charge in [-0.1, -0.05) is 49.3 Å². The minimum atomic E-state index is -0.110. The van der Waals surface area contributed by atoms with Gasteiger partial charge >= 0.3 is 0 Å². The molecule has 2 atom stereocenters. The summed E-state index contributed by atoms with van der Waals surface area (Å²) in [5.41, 5.74) is 1.77. The molecule has 2 aliphatic rings. The number of fused-ring (bicyclic) bond motifs is 2. The summed E-state index contributed by atoms with van der Waals surface area (Å²) in [5.74, 6) is 0.885. The van der Waals surface area contributed by atoms with Crippen LogP contribution in [0, 0.1) is 0 Å². The molecule has 0 radical (unpaired) electrons. The number of piperidine rings is 1. The lowest BCUT2D eigenvalue weighted by molar-refractivity contribution is 0.0820. The number of rotatable bonds is 5. The number of nitrogens with one attached hydrogen (secondary N) is 1. The number of nitrogens with zero attached hydrogens (tertiary/aromatic N) is 2. The van der Waals surface area contributed by atoms with Crippen LogP contribution in [0.5, 0.6) is 0 Å². The molecule has 2 saturated heterocycles. The summed E-state index contributed by atoms with van der Waals surface area (Å²) in [6, 6.07) is 13.8. The number of benzene rings is 1. The first kappa shape index (κ1) is 17.3. The van der Waals surface area contributed by atoms with E-state index in [2.05, 4.69) is 45.7 Å². The topological polar surface area (TPSA) is 58.4 Å². The smallest absolute Gasteiger partial charge is 0.273 e. The monoisotopic (exact) mass is 353 g/mol. The summed E-state index contributed by atoms with van der Waals surface area (Å²) >= 11 is 0. The molecule has 2 aromatic rings. The van der Waals surface area contributed by atoms with Crippen LogP contribution >= 0.6 is 0 Å². The Balaban J connectivity index is 1.37. The highest BCUT2D eigenvalue weighted by molar-refractivity contribution is 5.92. The predicted octanol–water partition coefficient (Wildman–Crippen LogP) is 3.72. The van der Waals surface area contributed by atoms with Crippen LogP contribution in [0.1, 0.15) is 67.3 Å². The van der Waals surface area contributed by atoms with Crippen molar-refractivity contribution in [3.63, 3.8) is 0 Å². The summed E-state index contributed by atoms with van der Waals surface area (Å²) in [6.07, 6.45) is 4.49. The molecule has 1 aromatic heterocycles. The molecule has 0 aliphatic carbocycles. The molecule has 0 spiro atoms. The van der Waals surface area contributed by atoms with E-state index >= 15 is 0 Å². The molecule has 1 N–H and O–H groups in total. The zero-order chi connectivity index (χ0) is 18.1. The largest absolute Gasteiger partial charge is 0.360 e. The van der Waals surface area contributed by atoms with Crippen molar-refractivity contribution in [1.82, 2.24) is 15.4 Å². The van der Waals surface area contributed by atoms with E-state index in [1.807, 2.05) is 13.8 Å². The maximum Gasteiger partial charge on any atom is 0.273 e. The van der Waals surface area contributed by atoms with Gasteiger partial charge in [-0.25, -0.2) is 0 Å². The molecule has 5 nitrogen and oxygen atoms in total. The van der Waals surface area contributed by atoms with E-state index in [0.717, 1.165) is 25.1 Å². The van der Waals surface area contributed by atoms with Crippen LogP contribution in [0.2, 0.25) is 0 Å². The van der Waals surface area contributed by atoms with E-state index in [4.69, 9.17) is 4.52 Å². The first-order valence-corrected chi connectivity index (χ1v) is 9.67. The van der Waals surface area contributed by atoms with Gasteiger partial charge in [-0.05, 0) is 31.2 Å². The van der Waals surface area contributed by atoms with Crippen molar-refractivity contribution < 1.29 is 9.32 Å². The van der Waals surface area contributed by atoms with E-state index in [0.29, 0.717) is 17.8 Å². The molecule has 1 aromatic carbocycles. The minimum absolute atomic E-state index is 0.110. The second kappa shape index (κ2) is 7.23. The Labute approximate surface area is 154 Å². The zero-order valence-corrected chi connectivity index (χ0v) is 15.5. The van der Waals surface area contributed by atoms with Crippen molar-refractivity contribution in [3.05, 3.63) is 53.4 Å². The van der Waals surface area contributed by atoms with E-state index in [-0.39, 0.29) is 17.9 Å². The van der Waals surface area contributed by atoms with Crippen LogP contribution in [0.4, 0.5) is 0 Å². The Kier molecular flexibility index (Phi) is 4.81. The van der Waals surface area contributed by atoms with Gasteiger partial charge in [-0.15, -0.1) is 0 Å². The molecule has 26 heavy (non-hydrogen) atoms. The predicted molar refractivity (Wildman–Crippen MR) is 99.9 cm³/mol. The fourth-order valence-corrected chi connectivity index (χ4v) is 4.37. The van der Waals surface area contributed by atoms with Gasteiger partial charge in [0.05, 0.1) is 0 Å². The second-order valence-electron chi connectivity index (χ2n) is 7.95. The van der Waals surface area contributed by atoms with Crippen molar-refractivity contribution in [2.75, 3.05) is 0 Å². The van der Waals surface area contributed by atoms with Gasteiger partial charge in [-0.3, -0.25) is 9.69 Å². The van der Waals surface area contributed by atoms with Crippen LogP contribution in [0.15, 0.2) is 40.9 Å². The van der Waals surface area contributed by atoms with E-state index in [9.17, 15) is 4.79 Å². The van der Waals surface area contributed by atoms with Crippen LogP contribution in [0.3, 0.4) is 0 Å². The van der Waals surface area contributed by atoms with Gasteiger partial charge in [0.15, 0.2) is 5.69 Å². The van der Waals surface area contributed by atoms with Gasteiger partial charge in [-0.2, -0.15) is 0 Å². The minimum Gasteiger partial charge on any atom is -0.360 e. The molecule has 4 rings (SSSR count). The third-order valence-corrected chi connectivity index (χ3v) is 5.76. The zero-order valence-electron chi connectivity index (χ0n) is 15.5. The van der Waals surface area contributed by atoms with Gasteiger partial charge in [0.25, 0.3) is 5.91 Å². The maximum absolute atomic E-state index is 12.5. The fraction of sp³-hybridized carbons (Fsp3) is 0.524. The molecule has 5 heteroatoms. The van der Waals surface area contributed by atoms with Gasteiger partial charge < -0.3 is 9.84 Å². The standard InChI is InChI=1S/C21H27N3O2/c1-14(2)20-12-19(23-26-20)21(25)22-16-10-17-8-9-18(11-16)24(17)13-15-6-4-3-5-7-15/h3-7,12,14,16-18H,8-11,13H2,1-2H3,(H,22,25). The molecule has 2 fully saturated rings. The lowest BCUT2D eigenvalue weighted by Crippen LogP contribution is -2.50. The summed E-state index contributed by atoms with van der Waals surface area (Å²) in [4.78, 5) is 15.1. The third-order valence-electron chi connectivity index (χ3n) is 5.76. The Morgan fingerprint density at radius 2 is 1.92 bits per heavy atom. The lowest BCUT2D eigenvalue weighted by atomic mass is 9.96. The van der Waals surface area contributed by atoms with Gasteiger partial charge in [0, 0.05) is 36.7 Å². The van der Waals surface area contributed by atoms with Crippen LogP contribution in [0.25, 0.3) is 0 Å². The Morgan fingerprint density at radius 3 is 2.54 bits per heavy atom. The average Bonchev–Trinajstić information content (AvgIpc) is 3.20. The number of carbonyl (C=O) groups is 1. The summed E-state index contributed by atoms with van der Waals surface area (Å²) in [6.45, 7) is 5.07. The number of hydrogen-bond acceptors (Lipinski definition) is 4. The van der Waals surface area contributed by atoms with Crippen LogP contribution in [-0.2, 0) is 6.54 Å². The molecule has 138 valence electrons. The van der Waals surface area contributed by atoms with Gasteiger partial charge in [0.2, 0.25) is 0 Å². The molecule has 2 aliphatic heterocycles. The van der Waals surface area contributed by atoms with Crippen molar-refractivity contribution >= 4 is 5.91 Å². The van der Waals surface area contributed by atoms with Crippen LogP contribution < -0.4 is 5.32 Å². The van der Waals surface area contributed by atoms with Crippen molar-refractivity contribution in [2.24, 2.45) is 0 Å². The maximum atomic E-state index is 12.5. The Hall–Kier alpha value is -2.14. The summed E-state index contributed by atoms with van der Waals surface area (Å²) in [5, 5.41) is 7.11. The first-order chi connectivity index (χ1) is 12.6. The number of carbonyl (C=O) groups excluding carboxylic acids is 1. The Morgan fingerprint density at radius 1 is 1.23 bits per heavy atom. The average molecular weight is 353 g/mol. The number of hydrogen-bond donors (Lipinski definition) is 1. The van der Waals surface area contributed by atoms with E-state index in [1.54, 1.807) is 6.07 Å². The highest BCUT2D eigenvalue weighted by Gasteiger charge is 2.41. The fourth-order valence-electron chi connectivity index (χ4n) is 4.37. The number of aromatic nitrogens is 1. The normalized spacial score (nSPS) is 25.6. The number of amides is 1. The first-order valence-electron chi connectivity index (χ1n) is 9.67. The van der Waals surface area contributed by atoms with Crippen molar-refractivity contribution in [3.8, 4) is 0 Å². The SMILES string of the molecule is CC(C)c1cc(C(=O)NC2CC3CCC(C2)N3Cc2ccccc2)no1. The molecule has 3 heterocycles. The van der Waals surface area contributed by atoms with E-state index < -0.39 is 0 Å². The second-order valence-corrected chi connectivity index (χ2v) is 7.95. The highest BCUT2D eigenvalue weighted by Crippen LogP contribution is 2.37.